The van der Waals surface area contributed by atoms with Gasteiger partial charge in [-0.25, -0.2) is 9.18 Å². The molecule has 0 aliphatic carbocycles. The molecule has 56 valence electrons. The molecule has 0 rings (SSSR count). The number of carboxylic acid groups (broad SMARTS) is 1. The van der Waals surface area contributed by atoms with Crippen LogP contribution in [0.5, 0.6) is 0 Å². The van der Waals surface area contributed by atoms with Crippen molar-refractivity contribution in [2.45, 2.75) is 13.1 Å². The summed E-state index contributed by atoms with van der Waals surface area (Å²) in [6.07, 6.45) is 0.665. The van der Waals surface area contributed by atoms with E-state index in [4.69, 9.17) is 5.11 Å². The van der Waals surface area contributed by atoms with Crippen LogP contribution < -0.4 is 0 Å². The van der Waals surface area contributed by atoms with Gasteiger partial charge in [0.25, 0.3) is 0 Å². The third-order valence-electron chi connectivity index (χ3n) is 0.972. The van der Waals surface area contributed by atoms with E-state index in [1.165, 1.54) is 6.92 Å². The van der Waals surface area contributed by atoms with Gasteiger partial charge in [0.15, 0.2) is 0 Å². The molecule has 0 saturated heterocycles. The lowest BCUT2D eigenvalue weighted by Crippen LogP contribution is -1.99. The molecule has 0 fully saturated rings. The maximum Gasteiger partial charge on any atom is 0.331 e. The number of hydrogen-bond donors (Lipinski definition) is 1. The molecule has 0 aromatic carbocycles. The summed E-state index contributed by atoms with van der Waals surface area (Å²) < 4.78 is 12.3. The minimum Gasteiger partial charge on any atom is -0.478 e. The first-order chi connectivity index (χ1) is 4.57. The highest BCUT2D eigenvalue weighted by Crippen LogP contribution is 2.00. The average molecular weight is 144 g/mol. The van der Waals surface area contributed by atoms with Crippen LogP contribution in [0.15, 0.2) is 24.3 Å². The molecular weight excluding hydrogens is 135 g/mol. The van der Waals surface area contributed by atoms with Gasteiger partial charge >= 0.3 is 5.97 Å². The first-order valence-corrected chi connectivity index (χ1v) is 2.76. The van der Waals surface area contributed by atoms with Gasteiger partial charge in [0, 0.05) is 5.57 Å². The van der Waals surface area contributed by atoms with Gasteiger partial charge in [-0.15, -0.1) is 0 Å². The number of carbonyl (C=O) groups is 1. The van der Waals surface area contributed by atoms with Crippen molar-refractivity contribution in [1.29, 1.82) is 0 Å². The molecule has 0 saturated carbocycles. The van der Waals surface area contributed by atoms with Crippen molar-refractivity contribution in [3.05, 3.63) is 24.3 Å². The zero-order valence-corrected chi connectivity index (χ0v) is 5.67. The highest BCUT2D eigenvalue weighted by atomic mass is 19.1. The number of carboxylic acids is 1. The lowest BCUT2D eigenvalue weighted by atomic mass is 10.2. The van der Waals surface area contributed by atoms with Crippen molar-refractivity contribution in [1.82, 2.24) is 0 Å². The van der Waals surface area contributed by atoms with Gasteiger partial charge in [-0.3, -0.25) is 0 Å². The zero-order valence-electron chi connectivity index (χ0n) is 5.67. The Morgan fingerprint density at radius 1 is 1.80 bits per heavy atom. The third kappa shape index (κ3) is 3.02. The Kier molecular flexibility index (Phi) is 3.39. The molecule has 0 aliphatic heterocycles. The zero-order chi connectivity index (χ0) is 8.15. The molecule has 0 bridgehead atoms. The summed E-state index contributed by atoms with van der Waals surface area (Å²) in [7, 11) is 0. The highest BCUT2D eigenvalue weighted by molar-refractivity contribution is 5.85. The van der Waals surface area contributed by atoms with Gasteiger partial charge in [-0.2, -0.15) is 0 Å². The molecule has 0 aliphatic rings. The molecule has 10 heavy (non-hydrogen) atoms. The van der Waals surface area contributed by atoms with E-state index in [1.807, 2.05) is 0 Å². The Bertz CT molecular complexity index is 172. The second-order valence-electron chi connectivity index (χ2n) is 1.83. The molecule has 0 heterocycles. The van der Waals surface area contributed by atoms with Crippen LogP contribution in [0.3, 0.4) is 0 Å². The molecular formula is C7H9FO2. The maximum absolute atomic E-state index is 12.3. The number of hydrogen-bond acceptors (Lipinski definition) is 1. The first-order valence-electron chi connectivity index (χ1n) is 2.76. The molecule has 2 nitrogen and oxygen atoms in total. The van der Waals surface area contributed by atoms with Crippen LogP contribution in [0.2, 0.25) is 0 Å². The van der Waals surface area contributed by atoms with Crippen LogP contribution in [0, 0.1) is 0 Å². The van der Waals surface area contributed by atoms with E-state index in [1.54, 1.807) is 0 Å². The van der Waals surface area contributed by atoms with Gasteiger partial charge in [-0.05, 0) is 13.0 Å². The number of aliphatic carboxylic acids is 1. The monoisotopic (exact) mass is 144 g/mol. The van der Waals surface area contributed by atoms with Crippen molar-refractivity contribution in [3.63, 3.8) is 0 Å². The smallest absolute Gasteiger partial charge is 0.331 e. The topological polar surface area (TPSA) is 37.3 Å². The van der Waals surface area contributed by atoms with Crippen LogP contribution in [0.1, 0.15) is 6.92 Å². The fraction of sp³-hybridized carbons (Fsp3) is 0.286. The van der Waals surface area contributed by atoms with Gasteiger partial charge in [0.05, 0.1) is 0 Å². The molecule has 3 heteroatoms. The van der Waals surface area contributed by atoms with Gasteiger partial charge in [0.1, 0.15) is 6.17 Å². The predicted molar refractivity (Wildman–Crippen MR) is 36.5 cm³/mol. The molecule has 0 aromatic rings. The van der Waals surface area contributed by atoms with Crippen LogP contribution in [0.25, 0.3) is 0 Å². The predicted octanol–water partition coefficient (Wildman–Crippen LogP) is 1.54. The van der Waals surface area contributed by atoms with Crippen molar-refractivity contribution in [2.24, 2.45) is 0 Å². The molecule has 0 radical (unpaired) electrons. The minimum atomic E-state index is -1.36. The van der Waals surface area contributed by atoms with E-state index in [0.29, 0.717) is 0 Å². The van der Waals surface area contributed by atoms with E-state index in [0.717, 1.165) is 12.2 Å². The fourth-order valence-electron chi connectivity index (χ4n) is 0.378. The van der Waals surface area contributed by atoms with Crippen molar-refractivity contribution < 1.29 is 14.3 Å². The molecule has 0 aromatic heterocycles. The normalized spacial score (nSPS) is 14.4. The minimum absolute atomic E-state index is 0.00704. The Morgan fingerprint density at radius 2 is 2.30 bits per heavy atom. The third-order valence-corrected chi connectivity index (χ3v) is 0.972. The van der Waals surface area contributed by atoms with E-state index in [2.05, 4.69) is 6.58 Å². The lowest BCUT2D eigenvalue weighted by Gasteiger charge is -1.94. The summed E-state index contributed by atoms with van der Waals surface area (Å²) in [4.78, 5) is 10.1. The summed E-state index contributed by atoms with van der Waals surface area (Å²) in [6, 6.07) is 0. The summed E-state index contributed by atoms with van der Waals surface area (Å²) in [6.45, 7) is 4.49. The van der Waals surface area contributed by atoms with E-state index in [-0.39, 0.29) is 5.57 Å². The summed E-state index contributed by atoms with van der Waals surface area (Å²) >= 11 is 0. The van der Waals surface area contributed by atoms with E-state index < -0.39 is 12.1 Å². The fourth-order valence-corrected chi connectivity index (χ4v) is 0.378. The number of halogens is 1. The second-order valence-corrected chi connectivity index (χ2v) is 1.83. The largest absolute Gasteiger partial charge is 0.478 e. The Morgan fingerprint density at radius 3 is 2.60 bits per heavy atom. The van der Waals surface area contributed by atoms with Gasteiger partial charge in [-0.1, -0.05) is 12.7 Å². The van der Waals surface area contributed by atoms with Crippen LogP contribution in [-0.4, -0.2) is 17.2 Å². The van der Waals surface area contributed by atoms with Crippen LogP contribution in [0.4, 0.5) is 4.39 Å². The van der Waals surface area contributed by atoms with Crippen molar-refractivity contribution in [3.8, 4) is 0 Å². The Balaban J connectivity index is 4.15. The molecule has 0 spiro atoms. The standard InChI is InChI=1S/C7H9FO2/c1-3-6(8)4-5(2)7(9)10/h3-4,6H,1H2,2H3,(H,9,10). The van der Waals surface area contributed by atoms with Crippen LogP contribution >= 0.6 is 0 Å². The SMILES string of the molecule is C=CC(F)C=C(C)C(=O)O. The molecule has 1 N–H and O–H groups in total. The summed E-state index contributed by atoms with van der Waals surface area (Å²) in [5.74, 6) is -1.11. The highest BCUT2D eigenvalue weighted by Gasteiger charge is 2.02. The Labute approximate surface area is 58.7 Å². The van der Waals surface area contributed by atoms with Crippen LogP contribution in [-0.2, 0) is 4.79 Å². The molecule has 1 atom stereocenters. The van der Waals surface area contributed by atoms with Crippen molar-refractivity contribution in [2.75, 3.05) is 0 Å². The van der Waals surface area contributed by atoms with E-state index >= 15 is 0 Å². The molecule has 1 unspecified atom stereocenters. The lowest BCUT2D eigenvalue weighted by molar-refractivity contribution is -0.132. The summed E-state index contributed by atoms with van der Waals surface area (Å²) in [5.41, 5.74) is -0.00704. The first kappa shape index (κ1) is 8.88. The number of alkyl halides is 1. The Hall–Kier alpha value is -1.12. The average Bonchev–Trinajstić information content (AvgIpc) is 1.87. The van der Waals surface area contributed by atoms with Gasteiger partial charge < -0.3 is 5.11 Å². The van der Waals surface area contributed by atoms with Gasteiger partial charge in [0.2, 0.25) is 0 Å². The maximum atomic E-state index is 12.3. The molecule has 0 amide bonds. The van der Waals surface area contributed by atoms with E-state index in [9.17, 15) is 9.18 Å². The number of allylic oxidation sites excluding steroid dienone is 2. The quantitative estimate of drug-likeness (QED) is 0.482. The summed E-state index contributed by atoms with van der Waals surface area (Å²) in [5, 5.41) is 8.26. The number of rotatable bonds is 3. The van der Waals surface area contributed by atoms with Crippen molar-refractivity contribution >= 4 is 5.97 Å². The second kappa shape index (κ2) is 3.82.